The van der Waals surface area contributed by atoms with Gasteiger partial charge in [0, 0.05) is 31.4 Å². The van der Waals surface area contributed by atoms with Gasteiger partial charge in [0.15, 0.2) is 0 Å². The summed E-state index contributed by atoms with van der Waals surface area (Å²) in [6.07, 6.45) is 3.44. The molecule has 26 heavy (non-hydrogen) atoms. The van der Waals surface area contributed by atoms with Crippen LogP contribution < -0.4 is 10.1 Å². The lowest BCUT2D eigenvalue weighted by Crippen LogP contribution is -2.42. The second-order valence-corrected chi connectivity index (χ2v) is 6.97. The van der Waals surface area contributed by atoms with Gasteiger partial charge in [0.25, 0.3) is 5.91 Å². The maximum Gasteiger partial charge on any atom is 0.255 e. The summed E-state index contributed by atoms with van der Waals surface area (Å²) in [5.41, 5.74) is 0.551. The zero-order valence-corrected chi connectivity index (χ0v) is 16.1. The highest BCUT2D eigenvalue weighted by molar-refractivity contribution is 6.42. The second kappa shape index (κ2) is 8.71. The molecule has 1 fully saturated rings. The molecule has 7 heteroatoms. The van der Waals surface area contributed by atoms with Crippen LogP contribution in [-0.2, 0) is 0 Å². The molecule has 1 aromatic carbocycles. The number of benzene rings is 1. The van der Waals surface area contributed by atoms with E-state index in [1.165, 1.54) is 0 Å². The Bertz CT molecular complexity index is 762. The molecule has 0 bridgehead atoms. The van der Waals surface area contributed by atoms with Gasteiger partial charge in [-0.1, -0.05) is 36.2 Å². The van der Waals surface area contributed by atoms with E-state index in [9.17, 15) is 4.79 Å². The summed E-state index contributed by atoms with van der Waals surface area (Å²) in [6, 6.07) is 8.79. The molecule has 1 atom stereocenters. The van der Waals surface area contributed by atoms with Crippen LogP contribution in [0.4, 0.5) is 0 Å². The van der Waals surface area contributed by atoms with Gasteiger partial charge in [-0.3, -0.25) is 4.79 Å². The lowest BCUT2D eigenvalue weighted by atomic mass is 10.1. The third kappa shape index (κ3) is 4.29. The highest BCUT2D eigenvalue weighted by Crippen LogP contribution is 2.34. The van der Waals surface area contributed by atoms with Crippen molar-refractivity contribution in [2.24, 2.45) is 0 Å². The summed E-state index contributed by atoms with van der Waals surface area (Å²) in [5.74, 6) is 0.783. The molecule has 0 spiro atoms. The fourth-order valence-corrected chi connectivity index (χ4v) is 3.34. The van der Waals surface area contributed by atoms with Gasteiger partial charge in [0.05, 0.1) is 10.6 Å². The first-order valence-electron chi connectivity index (χ1n) is 8.69. The van der Waals surface area contributed by atoms with Crippen molar-refractivity contribution < 1.29 is 9.53 Å². The first-order valence-corrected chi connectivity index (χ1v) is 9.45. The number of aromatic nitrogens is 1. The molecule has 1 amide bonds. The number of pyridine rings is 1. The van der Waals surface area contributed by atoms with Crippen molar-refractivity contribution in [3.8, 4) is 11.6 Å². The second-order valence-electron chi connectivity index (χ2n) is 6.18. The van der Waals surface area contributed by atoms with Gasteiger partial charge >= 0.3 is 0 Å². The van der Waals surface area contributed by atoms with Crippen LogP contribution in [0.2, 0.25) is 10.0 Å². The minimum absolute atomic E-state index is 0.000359. The molecule has 2 heterocycles. The Balaban J connectivity index is 1.73. The first-order chi connectivity index (χ1) is 12.6. The Hall–Kier alpha value is -1.82. The van der Waals surface area contributed by atoms with E-state index in [4.69, 9.17) is 27.9 Å². The average molecular weight is 394 g/mol. The molecule has 3 rings (SSSR count). The summed E-state index contributed by atoms with van der Waals surface area (Å²) in [6.45, 7) is 4.60. The van der Waals surface area contributed by atoms with E-state index in [1.54, 1.807) is 36.5 Å². The number of rotatable bonds is 6. The van der Waals surface area contributed by atoms with Crippen molar-refractivity contribution in [2.45, 2.75) is 25.8 Å². The van der Waals surface area contributed by atoms with Gasteiger partial charge in [-0.15, -0.1) is 0 Å². The summed E-state index contributed by atoms with van der Waals surface area (Å²) < 4.78 is 5.67. The molecule has 0 aliphatic carbocycles. The molecular weight excluding hydrogens is 373 g/mol. The molecular formula is C19H21Cl2N3O2. The molecule has 1 aliphatic heterocycles. The maximum absolute atomic E-state index is 12.9. The van der Waals surface area contributed by atoms with Crippen molar-refractivity contribution in [1.29, 1.82) is 0 Å². The number of ether oxygens (including phenoxy) is 1. The number of hydrogen-bond acceptors (Lipinski definition) is 4. The van der Waals surface area contributed by atoms with Crippen LogP contribution >= 0.6 is 23.2 Å². The van der Waals surface area contributed by atoms with Gasteiger partial charge in [0.1, 0.15) is 10.8 Å². The van der Waals surface area contributed by atoms with E-state index in [0.717, 1.165) is 32.5 Å². The summed E-state index contributed by atoms with van der Waals surface area (Å²) >= 11 is 12.1. The highest BCUT2D eigenvalue weighted by Gasteiger charge is 2.26. The SMILES string of the molecule is CCCN(C(=O)c1ccc(Oc2cccc(Cl)c2Cl)nc1)C1CCNC1. The van der Waals surface area contributed by atoms with E-state index < -0.39 is 0 Å². The molecule has 1 saturated heterocycles. The van der Waals surface area contributed by atoms with Gasteiger partial charge in [-0.05, 0) is 37.6 Å². The molecule has 2 aromatic rings. The molecule has 0 saturated carbocycles. The van der Waals surface area contributed by atoms with Crippen molar-refractivity contribution in [3.63, 3.8) is 0 Å². The standard InChI is InChI=1S/C19H21Cl2N3O2/c1-2-10-24(14-8-9-22-12-14)19(25)13-6-7-17(23-11-13)26-16-5-3-4-15(20)18(16)21/h3-7,11,14,22H,2,8-10,12H2,1H3. The topological polar surface area (TPSA) is 54.5 Å². The number of amides is 1. The predicted octanol–water partition coefficient (Wildman–Crippen LogP) is 4.39. The average Bonchev–Trinajstić information content (AvgIpc) is 3.18. The first kappa shape index (κ1) is 19.0. The van der Waals surface area contributed by atoms with Crippen LogP contribution in [0, 0.1) is 0 Å². The Kier molecular flexibility index (Phi) is 6.35. The molecule has 1 unspecified atom stereocenters. The predicted molar refractivity (Wildman–Crippen MR) is 103 cm³/mol. The van der Waals surface area contributed by atoms with Crippen LogP contribution in [-0.4, -0.2) is 41.5 Å². The van der Waals surface area contributed by atoms with Gasteiger partial charge in [-0.25, -0.2) is 4.98 Å². The quantitative estimate of drug-likeness (QED) is 0.790. The number of nitrogens with one attached hydrogen (secondary N) is 1. The van der Waals surface area contributed by atoms with E-state index in [2.05, 4.69) is 17.2 Å². The molecule has 138 valence electrons. The molecule has 1 aliphatic rings. The number of carbonyl (C=O) groups is 1. The fraction of sp³-hybridized carbons (Fsp3) is 0.368. The third-order valence-electron chi connectivity index (χ3n) is 4.31. The van der Waals surface area contributed by atoms with Gasteiger partial charge < -0.3 is 15.0 Å². The van der Waals surface area contributed by atoms with Crippen LogP contribution in [0.3, 0.4) is 0 Å². The Morgan fingerprint density at radius 1 is 1.35 bits per heavy atom. The van der Waals surface area contributed by atoms with Crippen LogP contribution in [0.25, 0.3) is 0 Å². The number of carbonyl (C=O) groups excluding carboxylic acids is 1. The normalized spacial score (nSPS) is 16.5. The Morgan fingerprint density at radius 3 is 2.85 bits per heavy atom. The zero-order valence-electron chi connectivity index (χ0n) is 14.5. The number of hydrogen-bond donors (Lipinski definition) is 1. The summed E-state index contributed by atoms with van der Waals surface area (Å²) in [4.78, 5) is 19.1. The third-order valence-corrected chi connectivity index (χ3v) is 5.12. The van der Waals surface area contributed by atoms with Crippen molar-refractivity contribution in [1.82, 2.24) is 15.2 Å². The van der Waals surface area contributed by atoms with E-state index in [0.29, 0.717) is 27.2 Å². The minimum atomic E-state index is 0.000359. The maximum atomic E-state index is 12.9. The molecule has 1 N–H and O–H groups in total. The monoisotopic (exact) mass is 393 g/mol. The van der Waals surface area contributed by atoms with Crippen LogP contribution in [0.15, 0.2) is 36.5 Å². The van der Waals surface area contributed by atoms with Crippen LogP contribution in [0.5, 0.6) is 11.6 Å². The largest absolute Gasteiger partial charge is 0.437 e. The van der Waals surface area contributed by atoms with Crippen molar-refractivity contribution in [3.05, 3.63) is 52.1 Å². The van der Waals surface area contributed by atoms with Crippen molar-refractivity contribution in [2.75, 3.05) is 19.6 Å². The summed E-state index contributed by atoms with van der Waals surface area (Å²) in [5, 5.41) is 4.06. The van der Waals surface area contributed by atoms with Gasteiger partial charge in [0.2, 0.25) is 5.88 Å². The van der Waals surface area contributed by atoms with E-state index in [1.807, 2.05) is 4.90 Å². The smallest absolute Gasteiger partial charge is 0.255 e. The number of nitrogens with zero attached hydrogens (tertiary/aromatic N) is 2. The molecule has 5 nitrogen and oxygen atoms in total. The lowest BCUT2D eigenvalue weighted by Gasteiger charge is -2.28. The van der Waals surface area contributed by atoms with E-state index >= 15 is 0 Å². The minimum Gasteiger partial charge on any atom is -0.437 e. The lowest BCUT2D eigenvalue weighted by molar-refractivity contribution is 0.0692. The Morgan fingerprint density at radius 2 is 2.19 bits per heavy atom. The fourth-order valence-electron chi connectivity index (χ4n) is 3.00. The highest BCUT2D eigenvalue weighted by atomic mass is 35.5. The van der Waals surface area contributed by atoms with Crippen molar-refractivity contribution >= 4 is 29.1 Å². The molecule has 0 radical (unpaired) electrons. The van der Waals surface area contributed by atoms with E-state index in [-0.39, 0.29) is 11.9 Å². The zero-order chi connectivity index (χ0) is 18.5. The molecule has 1 aromatic heterocycles. The Labute approximate surface area is 163 Å². The van der Waals surface area contributed by atoms with Crippen LogP contribution in [0.1, 0.15) is 30.1 Å². The summed E-state index contributed by atoms with van der Waals surface area (Å²) in [7, 11) is 0. The number of halogens is 2. The van der Waals surface area contributed by atoms with Gasteiger partial charge in [-0.2, -0.15) is 0 Å².